The van der Waals surface area contributed by atoms with Gasteiger partial charge in [-0.15, -0.1) is 22.4 Å². The minimum Gasteiger partial charge on any atom is -0.352 e. The molecule has 0 aliphatic rings. The highest BCUT2D eigenvalue weighted by Gasteiger charge is 2.40. The number of amides is 1. The molecular weight excluding hydrogens is 409 g/mol. The van der Waals surface area contributed by atoms with Crippen molar-refractivity contribution < 1.29 is 18.0 Å². The van der Waals surface area contributed by atoms with Gasteiger partial charge in [-0.25, -0.2) is 4.68 Å². The Labute approximate surface area is 139 Å². The van der Waals surface area contributed by atoms with Crippen LogP contribution in [0.25, 0.3) is 5.69 Å². The van der Waals surface area contributed by atoms with Crippen LogP contribution in [0.3, 0.4) is 0 Å². The summed E-state index contributed by atoms with van der Waals surface area (Å²) in [4.78, 5) is 11.8. The van der Waals surface area contributed by atoms with Crippen molar-refractivity contribution in [3.63, 3.8) is 0 Å². The van der Waals surface area contributed by atoms with E-state index in [4.69, 9.17) is 0 Å². The van der Waals surface area contributed by atoms with Gasteiger partial charge >= 0.3 is 6.18 Å². The predicted molar refractivity (Wildman–Crippen MR) is 87.4 cm³/mol. The van der Waals surface area contributed by atoms with Crippen molar-refractivity contribution in [1.82, 2.24) is 15.1 Å². The molecule has 2 aromatic rings. The Morgan fingerprint density at radius 3 is 2.50 bits per heavy atom. The van der Waals surface area contributed by atoms with E-state index < -0.39 is 23.3 Å². The normalized spacial score (nSPS) is 11.3. The molecule has 0 fully saturated rings. The predicted octanol–water partition coefficient (Wildman–Crippen LogP) is 2.05. The van der Waals surface area contributed by atoms with Gasteiger partial charge in [-0.3, -0.25) is 4.79 Å². The minimum absolute atomic E-state index is 0.242. The largest absolute Gasteiger partial charge is 0.434 e. The Bertz CT molecular complexity index is 670. The van der Waals surface area contributed by atoms with Gasteiger partial charge in [0.15, 0.2) is 5.69 Å². The number of hydrogen-bond acceptors (Lipinski definition) is 2. The third-order valence-electron chi connectivity index (χ3n) is 2.95. The molecular formula is C13H12BF3IN3O. The van der Waals surface area contributed by atoms with Gasteiger partial charge in [0.1, 0.15) is 0 Å². The highest BCUT2D eigenvalue weighted by atomic mass is 127. The molecule has 1 aromatic heterocycles. The lowest BCUT2D eigenvalue weighted by atomic mass is 9.96. The van der Waals surface area contributed by atoms with E-state index in [0.29, 0.717) is 0 Å². The Morgan fingerprint density at radius 1 is 1.36 bits per heavy atom. The fourth-order valence-corrected chi connectivity index (χ4v) is 2.47. The van der Waals surface area contributed by atoms with Crippen molar-refractivity contribution in [3.8, 4) is 5.69 Å². The molecule has 1 amide bonds. The second-order valence-electron chi connectivity index (χ2n) is 4.48. The molecule has 0 saturated heterocycles. The second kappa shape index (κ2) is 6.72. The van der Waals surface area contributed by atoms with Crippen LogP contribution in [0.4, 0.5) is 13.2 Å². The number of nitrogens with one attached hydrogen (secondary N) is 1. The lowest BCUT2D eigenvalue weighted by Gasteiger charge is -2.12. The summed E-state index contributed by atoms with van der Waals surface area (Å²) in [5.41, 5.74) is -0.293. The van der Waals surface area contributed by atoms with Crippen LogP contribution < -0.4 is 10.8 Å². The summed E-state index contributed by atoms with van der Waals surface area (Å²) in [6, 6.07) is 6.57. The van der Waals surface area contributed by atoms with Crippen molar-refractivity contribution in [3.05, 3.63) is 41.7 Å². The molecule has 1 aromatic carbocycles. The van der Waals surface area contributed by atoms with Gasteiger partial charge in [0.25, 0.3) is 5.91 Å². The lowest BCUT2D eigenvalue weighted by molar-refractivity contribution is -0.143. The smallest absolute Gasteiger partial charge is 0.352 e. The summed E-state index contributed by atoms with van der Waals surface area (Å²) < 4.78 is 40.7. The average Bonchev–Trinajstić information content (AvgIpc) is 2.92. The Balaban J connectivity index is 2.53. The average molecular weight is 421 g/mol. The number of nitrogens with zero attached hydrogens (tertiary/aromatic N) is 2. The molecule has 1 N–H and O–H groups in total. The van der Waals surface area contributed by atoms with Crippen LogP contribution in [0.2, 0.25) is 0 Å². The molecule has 0 atom stereocenters. The summed E-state index contributed by atoms with van der Waals surface area (Å²) in [5.74, 6) is -0.787. The van der Waals surface area contributed by atoms with E-state index in [1.54, 1.807) is 31.2 Å². The molecule has 116 valence electrons. The molecule has 9 heteroatoms. The highest BCUT2D eigenvalue weighted by molar-refractivity contribution is 14.1. The fourth-order valence-electron chi connectivity index (χ4n) is 1.97. The van der Waals surface area contributed by atoms with E-state index in [9.17, 15) is 18.0 Å². The Morgan fingerprint density at radius 2 is 2.00 bits per heavy atom. The summed E-state index contributed by atoms with van der Waals surface area (Å²) in [7, 11) is 0. The van der Waals surface area contributed by atoms with Crippen LogP contribution in [-0.4, -0.2) is 27.4 Å². The maximum absolute atomic E-state index is 13.3. The van der Waals surface area contributed by atoms with E-state index in [-0.39, 0.29) is 12.2 Å². The lowest BCUT2D eigenvalue weighted by Crippen LogP contribution is -2.26. The molecule has 0 aliphatic carbocycles. The summed E-state index contributed by atoms with van der Waals surface area (Å²) in [6.45, 7) is 1.88. The molecule has 22 heavy (non-hydrogen) atoms. The second-order valence-corrected chi connectivity index (χ2v) is 5.24. The number of carbonyl (C=O) groups excluding carboxylic acids is 1. The van der Waals surface area contributed by atoms with Gasteiger partial charge in [0.2, 0.25) is 5.14 Å². The zero-order valence-corrected chi connectivity index (χ0v) is 13.8. The molecule has 2 rings (SSSR count). The van der Waals surface area contributed by atoms with Gasteiger partial charge in [0.05, 0.1) is 17.4 Å². The molecule has 0 radical (unpaired) electrons. The molecule has 0 saturated carbocycles. The third kappa shape index (κ3) is 3.45. The van der Waals surface area contributed by atoms with Gasteiger partial charge in [0, 0.05) is 6.54 Å². The molecule has 0 unspecified atom stereocenters. The van der Waals surface area contributed by atoms with Crippen molar-refractivity contribution in [1.29, 1.82) is 0 Å². The first kappa shape index (κ1) is 16.8. The summed E-state index contributed by atoms with van der Waals surface area (Å²) in [5, 5.41) is 6.87. The maximum Gasteiger partial charge on any atom is 0.434 e. The van der Waals surface area contributed by atoms with Crippen LogP contribution in [-0.2, 0) is 6.18 Å². The zero-order valence-electron chi connectivity index (χ0n) is 11.6. The van der Waals surface area contributed by atoms with Gasteiger partial charge < -0.3 is 5.32 Å². The van der Waals surface area contributed by atoms with Crippen LogP contribution in [0.1, 0.15) is 23.0 Å². The quantitative estimate of drug-likeness (QED) is 0.608. The van der Waals surface area contributed by atoms with Crippen molar-refractivity contribution in [2.24, 2.45) is 0 Å². The van der Waals surface area contributed by atoms with Crippen LogP contribution in [0.5, 0.6) is 0 Å². The van der Waals surface area contributed by atoms with Crippen molar-refractivity contribution >= 4 is 38.9 Å². The van der Waals surface area contributed by atoms with E-state index in [1.807, 2.05) is 0 Å². The van der Waals surface area contributed by atoms with Crippen LogP contribution in [0, 0.1) is 0 Å². The Hall–Kier alpha value is -1.52. The number of hydrogen-bond donors (Lipinski definition) is 1. The third-order valence-corrected chi connectivity index (χ3v) is 3.84. The molecule has 0 aliphatic heterocycles. The first-order valence-electron chi connectivity index (χ1n) is 6.47. The highest BCUT2D eigenvalue weighted by Crippen LogP contribution is 2.33. The topological polar surface area (TPSA) is 46.9 Å². The fraction of sp³-hybridized carbons (Fsp3) is 0.231. The number of benzene rings is 1. The van der Waals surface area contributed by atoms with Gasteiger partial charge in [-0.05, 0) is 19.1 Å². The number of halogens is 4. The van der Waals surface area contributed by atoms with E-state index in [1.165, 1.54) is 0 Å². The standard InChI is InChI=1S/C13H12BF3IN3O/c1-2-19-12(22)10-7-20-21(11(10)13(15,16)17)9-5-3-8(14-18)4-6-9/h3-7,14H,2H2,1H3,(H,19,22). The minimum atomic E-state index is -4.68. The van der Waals surface area contributed by atoms with E-state index in [2.05, 4.69) is 32.8 Å². The maximum atomic E-state index is 13.3. The summed E-state index contributed by atoms with van der Waals surface area (Å²) in [6.07, 6.45) is -3.74. The number of carbonyl (C=O) groups is 1. The zero-order chi connectivity index (χ0) is 16.3. The van der Waals surface area contributed by atoms with Crippen LogP contribution >= 0.6 is 22.4 Å². The van der Waals surface area contributed by atoms with E-state index >= 15 is 0 Å². The van der Waals surface area contributed by atoms with Crippen molar-refractivity contribution in [2.75, 3.05) is 6.54 Å². The molecule has 0 bridgehead atoms. The van der Waals surface area contributed by atoms with Crippen LogP contribution in [0.15, 0.2) is 30.5 Å². The molecule has 0 spiro atoms. The Kier molecular flexibility index (Phi) is 5.14. The number of alkyl halides is 3. The molecule has 4 nitrogen and oxygen atoms in total. The monoisotopic (exact) mass is 421 g/mol. The number of rotatable bonds is 4. The summed E-state index contributed by atoms with van der Waals surface area (Å²) >= 11 is 2.17. The first-order chi connectivity index (χ1) is 10.4. The van der Waals surface area contributed by atoms with Gasteiger partial charge in [-0.1, -0.05) is 17.6 Å². The number of aromatic nitrogens is 2. The molecule has 1 heterocycles. The van der Waals surface area contributed by atoms with Gasteiger partial charge in [-0.2, -0.15) is 18.3 Å². The first-order valence-corrected chi connectivity index (χ1v) is 7.99. The SMILES string of the molecule is CCNC(=O)c1cnn(-c2ccc(BI)cc2)c1C(F)(F)F. The van der Waals surface area contributed by atoms with E-state index in [0.717, 1.165) is 21.5 Å². The van der Waals surface area contributed by atoms with Crippen molar-refractivity contribution in [2.45, 2.75) is 13.1 Å².